The van der Waals surface area contributed by atoms with Crippen LogP contribution in [0.5, 0.6) is 0 Å². The molecule has 2 rings (SSSR count). The third kappa shape index (κ3) is 2.85. The summed E-state index contributed by atoms with van der Waals surface area (Å²) in [5.41, 5.74) is 7.00. The Morgan fingerprint density at radius 2 is 1.86 bits per heavy atom. The highest BCUT2D eigenvalue weighted by Gasteiger charge is 2.26. The highest BCUT2D eigenvalue weighted by Crippen LogP contribution is 2.29. The zero-order valence-corrected chi connectivity index (χ0v) is 12.7. The molecule has 0 aliphatic carbocycles. The second-order valence-corrected chi connectivity index (χ2v) is 6.47. The Hall–Kier alpha value is -2.08. The van der Waals surface area contributed by atoms with Crippen molar-refractivity contribution >= 4 is 21.4 Å². The van der Waals surface area contributed by atoms with Gasteiger partial charge < -0.3 is 5.73 Å². The third-order valence-corrected chi connectivity index (χ3v) is 5.17. The van der Waals surface area contributed by atoms with Crippen LogP contribution in [-0.4, -0.2) is 15.0 Å². The molecule has 21 heavy (non-hydrogen) atoms. The predicted octanol–water partition coefficient (Wildman–Crippen LogP) is 2.93. The van der Waals surface area contributed by atoms with Gasteiger partial charge in [0.15, 0.2) is 0 Å². The van der Waals surface area contributed by atoms with Gasteiger partial charge in [-0.1, -0.05) is 18.2 Å². The zero-order chi connectivity index (χ0) is 15.6. The Morgan fingerprint density at radius 1 is 1.19 bits per heavy atom. The maximum absolute atomic E-state index is 13.1. The molecule has 0 atom stereocenters. The number of sulfonamides is 1. The fourth-order valence-electron chi connectivity index (χ4n) is 2.19. The molecule has 0 fully saturated rings. The number of nitrogen functional groups attached to an aromatic ring is 1. The van der Waals surface area contributed by atoms with E-state index in [1.54, 1.807) is 19.1 Å². The van der Waals surface area contributed by atoms with Gasteiger partial charge in [0, 0.05) is 6.54 Å². The van der Waals surface area contributed by atoms with Crippen LogP contribution in [0.2, 0.25) is 0 Å². The van der Waals surface area contributed by atoms with Gasteiger partial charge in [-0.05, 0) is 43.7 Å². The van der Waals surface area contributed by atoms with Crippen LogP contribution in [-0.2, 0) is 10.0 Å². The normalized spacial score (nSPS) is 11.4. The van der Waals surface area contributed by atoms with E-state index in [2.05, 4.69) is 0 Å². The lowest BCUT2D eigenvalue weighted by Crippen LogP contribution is -2.31. The number of hydrogen-bond acceptors (Lipinski definition) is 3. The lowest BCUT2D eigenvalue weighted by Gasteiger charge is -2.25. The van der Waals surface area contributed by atoms with E-state index in [9.17, 15) is 12.8 Å². The molecule has 0 aliphatic rings. The fraction of sp³-hybridized carbons (Fsp3) is 0.200. The standard InChI is InChI=1S/C15H17FN2O2S/c1-3-18(14-7-5-4-6-11(14)2)21(19,20)15-9-8-12(16)10-13(15)17/h4-10H,3,17H2,1-2H3. The van der Waals surface area contributed by atoms with Crippen molar-refractivity contribution in [3.05, 3.63) is 53.8 Å². The summed E-state index contributed by atoms with van der Waals surface area (Å²) in [6.45, 7) is 3.83. The number of nitrogens with zero attached hydrogens (tertiary/aromatic N) is 1. The third-order valence-electron chi connectivity index (χ3n) is 3.21. The van der Waals surface area contributed by atoms with Gasteiger partial charge >= 0.3 is 0 Å². The molecule has 0 aliphatic heterocycles. The SMILES string of the molecule is CCN(c1ccccc1C)S(=O)(=O)c1ccc(F)cc1N. The maximum Gasteiger partial charge on any atom is 0.266 e. The molecule has 2 aromatic carbocycles. The van der Waals surface area contributed by atoms with Crippen molar-refractivity contribution in [3.8, 4) is 0 Å². The highest BCUT2D eigenvalue weighted by atomic mass is 32.2. The molecule has 0 aromatic heterocycles. The minimum absolute atomic E-state index is 0.0889. The molecule has 0 amide bonds. The number of para-hydroxylation sites is 1. The van der Waals surface area contributed by atoms with Gasteiger partial charge in [0.25, 0.3) is 10.0 Å². The Morgan fingerprint density at radius 3 is 2.43 bits per heavy atom. The van der Waals surface area contributed by atoms with E-state index >= 15 is 0 Å². The molecule has 2 N–H and O–H groups in total. The van der Waals surface area contributed by atoms with Crippen molar-refractivity contribution < 1.29 is 12.8 Å². The summed E-state index contributed by atoms with van der Waals surface area (Å²) in [6.07, 6.45) is 0. The first kappa shape index (κ1) is 15.3. The van der Waals surface area contributed by atoms with Gasteiger partial charge in [-0.3, -0.25) is 4.31 Å². The summed E-state index contributed by atoms with van der Waals surface area (Å²) in [5, 5.41) is 0. The first-order valence-corrected chi connectivity index (χ1v) is 7.95. The summed E-state index contributed by atoms with van der Waals surface area (Å²) >= 11 is 0. The molecule has 0 unspecified atom stereocenters. The molecular formula is C15H17FN2O2S. The summed E-state index contributed by atoms with van der Waals surface area (Å²) < 4.78 is 39.9. The zero-order valence-electron chi connectivity index (χ0n) is 11.9. The number of nitrogens with two attached hydrogens (primary N) is 1. The van der Waals surface area contributed by atoms with Gasteiger partial charge in [0.05, 0.1) is 11.4 Å². The van der Waals surface area contributed by atoms with E-state index < -0.39 is 15.8 Å². The lowest BCUT2D eigenvalue weighted by atomic mass is 10.2. The minimum Gasteiger partial charge on any atom is -0.398 e. The number of aryl methyl sites for hydroxylation is 1. The molecule has 0 saturated carbocycles. The summed E-state index contributed by atoms with van der Waals surface area (Å²) in [4.78, 5) is -0.0889. The van der Waals surface area contributed by atoms with E-state index in [0.717, 1.165) is 17.7 Å². The van der Waals surface area contributed by atoms with Crippen molar-refractivity contribution in [3.63, 3.8) is 0 Å². The Balaban J connectivity index is 2.58. The number of anilines is 2. The average molecular weight is 308 g/mol. The van der Waals surface area contributed by atoms with Crippen molar-refractivity contribution in [1.29, 1.82) is 0 Å². The number of halogens is 1. The van der Waals surface area contributed by atoms with Crippen molar-refractivity contribution in [2.24, 2.45) is 0 Å². The summed E-state index contributed by atoms with van der Waals surface area (Å²) in [6, 6.07) is 10.5. The van der Waals surface area contributed by atoms with Gasteiger partial charge in [-0.2, -0.15) is 0 Å². The van der Waals surface area contributed by atoms with Gasteiger partial charge in [0.2, 0.25) is 0 Å². The van der Waals surface area contributed by atoms with E-state index in [4.69, 9.17) is 5.73 Å². The number of hydrogen-bond donors (Lipinski definition) is 1. The Bertz CT molecular complexity index is 760. The first-order valence-electron chi connectivity index (χ1n) is 6.51. The van der Waals surface area contributed by atoms with Gasteiger partial charge in [-0.25, -0.2) is 12.8 Å². The van der Waals surface area contributed by atoms with Crippen LogP contribution in [0.15, 0.2) is 47.4 Å². The smallest absolute Gasteiger partial charge is 0.266 e. The van der Waals surface area contributed by atoms with E-state index in [-0.39, 0.29) is 17.1 Å². The first-order chi connectivity index (χ1) is 9.87. The topological polar surface area (TPSA) is 63.4 Å². The molecular weight excluding hydrogens is 291 g/mol. The Kier molecular flexibility index (Phi) is 4.18. The predicted molar refractivity (Wildman–Crippen MR) is 82.2 cm³/mol. The number of rotatable bonds is 4. The van der Waals surface area contributed by atoms with Crippen LogP contribution in [0.4, 0.5) is 15.8 Å². The summed E-state index contributed by atoms with van der Waals surface area (Å²) in [7, 11) is -3.83. The van der Waals surface area contributed by atoms with Crippen LogP contribution >= 0.6 is 0 Å². The molecule has 2 aromatic rings. The van der Waals surface area contributed by atoms with E-state index in [0.29, 0.717) is 5.69 Å². The van der Waals surface area contributed by atoms with Crippen molar-refractivity contribution in [1.82, 2.24) is 0 Å². The molecule has 0 spiro atoms. The maximum atomic E-state index is 13.1. The van der Waals surface area contributed by atoms with Crippen LogP contribution < -0.4 is 10.0 Å². The molecule has 0 radical (unpaired) electrons. The average Bonchev–Trinajstić information content (AvgIpc) is 2.41. The molecule has 0 saturated heterocycles. The van der Waals surface area contributed by atoms with Gasteiger partial charge in [0.1, 0.15) is 10.7 Å². The minimum atomic E-state index is -3.83. The van der Waals surface area contributed by atoms with Crippen LogP contribution in [0, 0.1) is 12.7 Å². The van der Waals surface area contributed by atoms with E-state index in [1.165, 1.54) is 10.4 Å². The second-order valence-electron chi connectivity index (χ2n) is 4.64. The van der Waals surface area contributed by atoms with Crippen LogP contribution in [0.3, 0.4) is 0 Å². The largest absolute Gasteiger partial charge is 0.398 e. The number of benzene rings is 2. The summed E-state index contributed by atoms with van der Waals surface area (Å²) in [5.74, 6) is -0.564. The van der Waals surface area contributed by atoms with Crippen LogP contribution in [0.25, 0.3) is 0 Å². The Labute approximate surface area is 124 Å². The molecule has 0 bridgehead atoms. The monoisotopic (exact) mass is 308 g/mol. The van der Waals surface area contributed by atoms with E-state index in [1.807, 2.05) is 19.1 Å². The quantitative estimate of drug-likeness (QED) is 0.883. The van der Waals surface area contributed by atoms with Crippen molar-refractivity contribution in [2.75, 3.05) is 16.6 Å². The fourth-order valence-corrected chi connectivity index (χ4v) is 3.82. The molecule has 0 heterocycles. The molecule has 6 heteroatoms. The van der Waals surface area contributed by atoms with Crippen LogP contribution in [0.1, 0.15) is 12.5 Å². The molecule has 4 nitrogen and oxygen atoms in total. The lowest BCUT2D eigenvalue weighted by molar-refractivity contribution is 0.591. The van der Waals surface area contributed by atoms with Gasteiger partial charge in [-0.15, -0.1) is 0 Å². The van der Waals surface area contributed by atoms with Crippen molar-refractivity contribution in [2.45, 2.75) is 18.7 Å². The second kappa shape index (κ2) is 5.73. The highest BCUT2D eigenvalue weighted by molar-refractivity contribution is 7.93. The molecule has 112 valence electrons.